The van der Waals surface area contributed by atoms with Gasteiger partial charge in [-0.3, -0.25) is 0 Å². The highest BCUT2D eigenvalue weighted by Gasteiger charge is 1.92. The average molecular weight is 221 g/mol. The molecule has 0 aliphatic carbocycles. The van der Waals surface area contributed by atoms with Crippen molar-refractivity contribution in [3.8, 4) is 0 Å². The van der Waals surface area contributed by atoms with Crippen LogP contribution < -0.4 is 0 Å². The molecule has 0 nitrogen and oxygen atoms in total. The molecule has 76 valence electrons. The summed E-state index contributed by atoms with van der Waals surface area (Å²) < 4.78 is 0. The number of allylic oxidation sites excluding steroid dienone is 4. The average Bonchev–Trinajstić information content (AvgIpc) is 2.05. The van der Waals surface area contributed by atoms with E-state index in [9.17, 15) is 0 Å². The summed E-state index contributed by atoms with van der Waals surface area (Å²) in [7, 11) is 0. The minimum Gasteiger partial charge on any atom is -0.122 e. The van der Waals surface area contributed by atoms with Gasteiger partial charge in [0, 0.05) is 11.8 Å². The van der Waals surface area contributed by atoms with Crippen LogP contribution in [-0.2, 0) is 0 Å². The van der Waals surface area contributed by atoms with Crippen molar-refractivity contribution in [1.29, 1.82) is 0 Å². The molecule has 0 heterocycles. The second-order valence-corrected chi connectivity index (χ2v) is 3.88. The van der Waals surface area contributed by atoms with Gasteiger partial charge in [-0.05, 0) is 33.1 Å². The van der Waals surface area contributed by atoms with E-state index in [0.29, 0.717) is 11.8 Å². The Morgan fingerprint density at radius 3 is 1.62 bits per heavy atom. The van der Waals surface area contributed by atoms with E-state index >= 15 is 0 Å². The number of hydrogen-bond donors (Lipinski definition) is 0. The molecule has 0 N–H and O–H groups in total. The number of alkyl halides is 2. The van der Waals surface area contributed by atoms with E-state index in [2.05, 4.69) is 26.0 Å². The molecule has 0 aromatic rings. The van der Waals surface area contributed by atoms with Gasteiger partial charge in [0.2, 0.25) is 0 Å². The van der Waals surface area contributed by atoms with E-state index in [0.717, 1.165) is 12.8 Å². The first-order chi connectivity index (χ1) is 6.20. The van der Waals surface area contributed by atoms with Gasteiger partial charge in [0.05, 0.1) is 0 Å². The molecule has 0 rings (SSSR count). The van der Waals surface area contributed by atoms with Crippen LogP contribution in [0, 0.1) is 0 Å². The van der Waals surface area contributed by atoms with Crippen LogP contribution in [0.5, 0.6) is 0 Å². The lowest BCUT2D eigenvalue weighted by atomic mass is 10.1. The lowest BCUT2D eigenvalue weighted by molar-refractivity contribution is 0.801. The molecule has 0 fully saturated rings. The number of hydrogen-bond acceptors (Lipinski definition) is 0. The third-order valence-corrected chi connectivity index (χ3v) is 2.30. The van der Waals surface area contributed by atoms with Gasteiger partial charge < -0.3 is 0 Å². The fraction of sp³-hybridized carbons (Fsp3) is 0.636. The van der Waals surface area contributed by atoms with Gasteiger partial charge in [0.25, 0.3) is 0 Å². The monoisotopic (exact) mass is 220 g/mol. The standard InChI is InChI=1S/C11H18Cl2/c1-10(6-8-12)4-3-5-11(2)7-9-13/h6-7H,3-5,8-9H2,1-2H3/b10-6+,11-7+. The molecule has 2 heteroatoms. The quantitative estimate of drug-likeness (QED) is 0.456. The van der Waals surface area contributed by atoms with Crippen LogP contribution in [0.4, 0.5) is 0 Å². The van der Waals surface area contributed by atoms with Gasteiger partial charge in [-0.2, -0.15) is 0 Å². The zero-order valence-corrected chi connectivity index (χ0v) is 9.96. The van der Waals surface area contributed by atoms with Gasteiger partial charge in [0.15, 0.2) is 0 Å². The molecule has 0 unspecified atom stereocenters. The van der Waals surface area contributed by atoms with Crippen LogP contribution in [0.3, 0.4) is 0 Å². The van der Waals surface area contributed by atoms with E-state index < -0.39 is 0 Å². The Morgan fingerprint density at radius 1 is 0.923 bits per heavy atom. The first-order valence-corrected chi connectivity index (χ1v) is 5.70. The zero-order valence-electron chi connectivity index (χ0n) is 8.45. The minimum absolute atomic E-state index is 0.627. The predicted octanol–water partition coefficient (Wildman–Crippen LogP) is 4.53. The third-order valence-electron chi connectivity index (χ3n) is 1.99. The van der Waals surface area contributed by atoms with Crippen molar-refractivity contribution in [2.75, 3.05) is 11.8 Å². The Bertz CT molecular complexity index is 161. The van der Waals surface area contributed by atoms with Crippen molar-refractivity contribution < 1.29 is 0 Å². The molecule has 0 aliphatic heterocycles. The smallest absolute Gasteiger partial charge is 0.0406 e. The van der Waals surface area contributed by atoms with Crippen LogP contribution >= 0.6 is 23.2 Å². The Kier molecular flexibility index (Phi) is 8.69. The summed E-state index contributed by atoms with van der Waals surface area (Å²) in [5.41, 5.74) is 2.77. The molecule has 0 atom stereocenters. The van der Waals surface area contributed by atoms with E-state index in [1.165, 1.54) is 17.6 Å². The van der Waals surface area contributed by atoms with Crippen LogP contribution in [-0.4, -0.2) is 11.8 Å². The Balaban J connectivity index is 3.56. The molecule has 0 aliphatic rings. The van der Waals surface area contributed by atoms with E-state index in [4.69, 9.17) is 23.2 Å². The van der Waals surface area contributed by atoms with Crippen LogP contribution in [0.25, 0.3) is 0 Å². The predicted molar refractivity (Wildman–Crippen MR) is 62.8 cm³/mol. The highest BCUT2D eigenvalue weighted by molar-refractivity contribution is 6.19. The molecule has 0 saturated heterocycles. The normalized spacial score (nSPS) is 13.5. The summed E-state index contributed by atoms with van der Waals surface area (Å²) in [4.78, 5) is 0. The van der Waals surface area contributed by atoms with Gasteiger partial charge in [-0.1, -0.05) is 23.3 Å². The third kappa shape index (κ3) is 8.39. The van der Waals surface area contributed by atoms with Crippen LogP contribution in [0.15, 0.2) is 23.3 Å². The summed E-state index contributed by atoms with van der Waals surface area (Å²) in [5.74, 6) is 1.25. The first-order valence-electron chi connectivity index (χ1n) is 4.64. The summed E-state index contributed by atoms with van der Waals surface area (Å²) >= 11 is 11.2. The van der Waals surface area contributed by atoms with Crippen molar-refractivity contribution in [3.05, 3.63) is 23.3 Å². The second-order valence-electron chi connectivity index (χ2n) is 3.26. The molecule has 0 spiro atoms. The highest BCUT2D eigenvalue weighted by Crippen LogP contribution is 2.11. The van der Waals surface area contributed by atoms with Crippen LogP contribution in [0.2, 0.25) is 0 Å². The summed E-state index contributed by atoms with van der Waals surface area (Å²) in [6.07, 6.45) is 7.61. The highest BCUT2D eigenvalue weighted by atomic mass is 35.5. The Hall–Kier alpha value is 0.0600. The molecule has 0 bridgehead atoms. The lowest BCUT2D eigenvalue weighted by Gasteiger charge is -2.01. The summed E-state index contributed by atoms with van der Waals surface area (Å²) in [5, 5.41) is 0. The fourth-order valence-corrected chi connectivity index (χ4v) is 1.64. The molecule has 0 saturated carbocycles. The van der Waals surface area contributed by atoms with Crippen molar-refractivity contribution in [2.24, 2.45) is 0 Å². The Morgan fingerprint density at radius 2 is 1.31 bits per heavy atom. The van der Waals surface area contributed by atoms with E-state index in [1.54, 1.807) is 0 Å². The van der Waals surface area contributed by atoms with Crippen molar-refractivity contribution in [2.45, 2.75) is 33.1 Å². The first kappa shape index (κ1) is 13.1. The van der Waals surface area contributed by atoms with Gasteiger partial charge >= 0.3 is 0 Å². The largest absolute Gasteiger partial charge is 0.122 e. The maximum Gasteiger partial charge on any atom is 0.0406 e. The molecular weight excluding hydrogens is 203 g/mol. The number of rotatable bonds is 6. The maximum absolute atomic E-state index is 5.58. The zero-order chi connectivity index (χ0) is 10.1. The maximum atomic E-state index is 5.58. The van der Waals surface area contributed by atoms with Crippen LogP contribution in [0.1, 0.15) is 33.1 Å². The molecular formula is C11H18Cl2. The Labute approximate surface area is 91.6 Å². The molecule has 13 heavy (non-hydrogen) atoms. The second kappa shape index (κ2) is 8.65. The summed E-state index contributed by atoms with van der Waals surface area (Å²) in [6, 6.07) is 0. The molecule has 0 aromatic heterocycles. The van der Waals surface area contributed by atoms with E-state index in [-0.39, 0.29) is 0 Å². The molecule has 0 aromatic carbocycles. The van der Waals surface area contributed by atoms with Gasteiger partial charge in [0.1, 0.15) is 0 Å². The minimum atomic E-state index is 0.627. The SMILES string of the molecule is C/C(=C\CCl)CCC/C(C)=C/CCl. The lowest BCUT2D eigenvalue weighted by Crippen LogP contribution is -1.83. The van der Waals surface area contributed by atoms with E-state index in [1.807, 2.05) is 0 Å². The molecule has 0 amide bonds. The fourth-order valence-electron chi connectivity index (χ4n) is 1.11. The van der Waals surface area contributed by atoms with Crippen molar-refractivity contribution in [3.63, 3.8) is 0 Å². The number of halogens is 2. The van der Waals surface area contributed by atoms with Gasteiger partial charge in [-0.15, -0.1) is 23.2 Å². The molecule has 0 radical (unpaired) electrons. The van der Waals surface area contributed by atoms with Crippen molar-refractivity contribution in [1.82, 2.24) is 0 Å². The topological polar surface area (TPSA) is 0 Å². The van der Waals surface area contributed by atoms with Crippen molar-refractivity contribution >= 4 is 23.2 Å². The van der Waals surface area contributed by atoms with Gasteiger partial charge in [-0.25, -0.2) is 0 Å². The summed E-state index contributed by atoms with van der Waals surface area (Å²) in [6.45, 7) is 4.26.